The van der Waals surface area contributed by atoms with E-state index in [1.165, 1.54) is 0 Å². The maximum atomic E-state index is 11.1. The molecule has 0 aliphatic carbocycles. The molecule has 6 nitrogen and oxygen atoms in total. The lowest BCUT2D eigenvalue weighted by Gasteiger charge is -2.09. The van der Waals surface area contributed by atoms with E-state index in [-0.39, 0.29) is 13.0 Å². The molecular weight excluding hydrogens is 315 g/mol. The number of alkyl halides is 3. The van der Waals surface area contributed by atoms with Crippen molar-refractivity contribution >= 4 is 51.1 Å². The van der Waals surface area contributed by atoms with Gasteiger partial charge in [-0.15, -0.1) is 12.3 Å². The third-order valence-electron chi connectivity index (χ3n) is 1.07. The lowest BCUT2D eigenvalue weighted by molar-refractivity contribution is 0.304. The molecule has 0 amide bonds. The first-order valence-electron chi connectivity index (χ1n) is 4.04. The van der Waals surface area contributed by atoms with Crippen molar-refractivity contribution in [2.24, 2.45) is 10.1 Å². The Labute approximate surface area is 114 Å². The van der Waals surface area contributed by atoms with E-state index in [4.69, 9.17) is 47.0 Å². The van der Waals surface area contributed by atoms with Gasteiger partial charge in [0.05, 0.1) is 0 Å². The number of nitrogens with two attached hydrogens (primary N) is 1. The van der Waals surface area contributed by atoms with E-state index < -0.39 is 26.7 Å². The molecule has 0 aromatic rings. The van der Waals surface area contributed by atoms with E-state index in [0.717, 1.165) is 0 Å². The zero-order valence-corrected chi connectivity index (χ0v) is 11.5. The maximum Gasteiger partial charge on any atom is 0.385 e. The second-order valence-corrected chi connectivity index (χ2v) is 6.33. The first-order valence-corrected chi connectivity index (χ1v) is 6.54. The zero-order valence-electron chi connectivity index (χ0n) is 8.40. The van der Waals surface area contributed by atoms with Crippen LogP contribution in [-0.4, -0.2) is 31.4 Å². The lowest BCUT2D eigenvalue weighted by Crippen LogP contribution is -2.22. The number of hydrogen-bond acceptors (Lipinski definition) is 4. The summed E-state index contributed by atoms with van der Waals surface area (Å²) in [5.74, 6) is 2.26. The van der Waals surface area contributed by atoms with Crippen LogP contribution in [0, 0.1) is 12.3 Å². The molecule has 0 saturated carbocycles. The Hall–Kier alpha value is -0.390. The monoisotopic (exact) mass is 322 g/mol. The largest absolute Gasteiger partial charge is 0.464 e. The normalized spacial score (nSPS) is 13.2. The number of ether oxygens (including phenoxy) is 1. The molecule has 0 spiro atoms. The molecule has 0 aromatic carbocycles. The Balaban J connectivity index is 4.33. The van der Waals surface area contributed by atoms with Gasteiger partial charge in [-0.2, -0.15) is 8.42 Å². The number of amidine groups is 1. The second kappa shape index (κ2) is 7.13. The van der Waals surface area contributed by atoms with Crippen molar-refractivity contribution in [2.45, 2.75) is 10.2 Å². The number of halogens is 3. The molecule has 0 fully saturated rings. The Morgan fingerprint density at radius 1 is 1.47 bits per heavy atom. The first-order chi connectivity index (χ1) is 7.66. The van der Waals surface area contributed by atoms with Gasteiger partial charge < -0.3 is 10.5 Å². The van der Waals surface area contributed by atoms with Crippen molar-refractivity contribution in [1.82, 2.24) is 0 Å². The van der Waals surface area contributed by atoms with Crippen molar-refractivity contribution in [3.05, 3.63) is 0 Å². The highest BCUT2D eigenvalue weighted by Gasteiger charge is 2.24. The standard InChI is InChI=1S/C7H9Cl3N2O4S/c1-2-3-4-15-6(11)12-17(13,14)16-5-7(8,9)10/h1H,3-5H2,(H2,11,12). The highest BCUT2D eigenvalue weighted by molar-refractivity contribution is 7.85. The molecule has 10 heteroatoms. The van der Waals surface area contributed by atoms with Crippen LogP contribution in [0.5, 0.6) is 0 Å². The third kappa shape index (κ3) is 10.5. The van der Waals surface area contributed by atoms with Crippen LogP contribution in [0.25, 0.3) is 0 Å². The molecule has 0 rings (SSSR count). The van der Waals surface area contributed by atoms with Crippen LogP contribution in [0.4, 0.5) is 0 Å². The molecule has 0 aliphatic heterocycles. The highest BCUT2D eigenvalue weighted by atomic mass is 35.6. The summed E-state index contributed by atoms with van der Waals surface area (Å²) in [6, 6.07) is -0.607. The summed E-state index contributed by atoms with van der Waals surface area (Å²) in [5.41, 5.74) is 5.14. The van der Waals surface area contributed by atoms with Crippen LogP contribution in [-0.2, 0) is 19.2 Å². The highest BCUT2D eigenvalue weighted by Crippen LogP contribution is 2.26. The van der Waals surface area contributed by atoms with E-state index in [9.17, 15) is 8.42 Å². The van der Waals surface area contributed by atoms with Crippen LogP contribution in [0.2, 0.25) is 0 Å². The molecule has 0 radical (unpaired) electrons. The average Bonchev–Trinajstić information content (AvgIpc) is 2.14. The van der Waals surface area contributed by atoms with Crippen molar-refractivity contribution in [3.63, 3.8) is 0 Å². The lowest BCUT2D eigenvalue weighted by atomic mass is 10.5. The van der Waals surface area contributed by atoms with Crippen LogP contribution >= 0.6 is 34.8 Å². The summed E-state index contributed by atoms with van der Waals surface area (Å²) in [7, 11) is -4.32. The molecule has 0 aliphatic rings. The Morgan fingerprint density at radius 3 is 2.53 bits per heavy atom. The summed E-state index contributed by atoms with van der Waals surface area (Å²) in [6.07, 6.45) is 5.20. The van der Waals surface area contributed by atoms with Crippen molar-refractivity contribution < 1.29 is 17.3 Å². The van der Waals surface area contributed by atoms with E-state index in [1.807, 2.05) is 0 Å². The molecule has 0 bridgehead atoms. The average molecular weight is 324 g/mol. The maximum absolute atomic E-state index is 11.1. The number of hydrogen-bond donors (Lipinski definition) is 1. The van der Waals surface area contributed by atoms with Crippen molar-refractivity contribution in [2.75, 3.05) is 13.2 Å². The fraction of sp³-hybridized carbons (Fsp3) is 0.571. The molecule has 0 aromatic heterocycles. The van der Waals surface area contributed by atoms with E-state index in [1.54, 1.807) is 0 Å². The molecular formula is C7H9Cl3N2O4S. The Bertz CT molecular complexity index is 410. The number of terminal acetylenes is 1. The third-order valence-corrected chi connectivity index (χ3v) is 2.22. The summed E-state index contributed by atoms with van der Waals surface area (Å²) < 4.78 is 32.3. The van der Waals surface area contributed by atoms with Crippen molar-refractivity contribution in [3.8, 4) is 12.3 Å². The SMILES string of the molecule is C#CCCO/C(N)=N/S(=O)(=O)OCC(Cl)(Cl)Cl. The predicted octanol–water partition coefficient (Wildman–Crippen LogP) is 0.973. The quantitative estimate of drug-likeness (QED) is 0.268. The van der Waals surface area contributed by atoms with Crippen LogP contribution in [0.1, 0.15) is 6.42 Å². The summed E-state index contributed by atoms with van der Waals surface area (Å²) in [5, 5.41) is 0. The molecule has 0 atom stereocenters. The number of rotatable bonds is 5. The fourth-order valence-electron chi connectivity index (χ4n) is 0.519. The molecule has 98 valence electrons. The molecule has 0 saturated heterocycles. The van der Waals surface area contributed by atoms with Crippen LogP contribution < -0.4 is 5.73 Å². The summed E-state index contributed by atoms with van der Waals surface area (Å²) in [4.78, 5) is 0. The zero-order chi connectivity index (χ0) is 13.5. The van der Waals surface area contributed by atoms with Gasteiger partial charge in [-0.05, 0) is 0 Å². The van der Waals surface area contributed by atoms with Gasteiger partial charge in [0, 0.05) is 6.42 Å². The molecule has 0 heterocycles. The topological polar surface area (TPSA) is 91.0 Å². The van der Waals surface area contributed by atoms with E-state index in [2.05, 4.69) is 19.2 Å². The van der Waals surface area contributed by atoms with Gasteiger partial charge in [0.2, 0.25) is 3.79 Å². The summed E-state index contributed by atoms with van der Waals surface area (Å²) in [6.45, 7) is -0.660. The van der Waals surface area contributed by atoms with E-state index >= 15 is 0 Å². The van der Waals surface area contributed by atoms with Gasteiger partial charge in [0.15, 0.2) is 0 Å². The van der Waals surface area contributed by atoms with Gasteiger partial charge in [-0.25, -0.2) is 4.18 Å². The second-order valence-electron chi connectivity index (χ2n) is 2.54. The van der Waals surface area contributed by atoms with Crippen LogP contribution in [0.3, 0.4) is 0 Å². The first kappa shape index (κ1) is 16.6. The molecule has 17 heavy (non-hydrogen) atoms. The van der Waals surface area contributed by atoms with Gasteiger partial charge in [0.25, 0.3) is 6.02 Å². The van der Waals surface area contributed by atoms with Crippen molar-refractivity contribution in [1.29, 1.82) is 0 Å². The minimum Gasteiger partial charge on any atom is -0.464 e. The predicted molar refractivity (Wildman–Crippen MR) is 66.2 cm³/mol. The van der Waals surface area contributed by atoms with Gasteiger partial charge in [-0.3, -0.25) is 0 Å². The Morgan fingerprint density at radius 2 is 2.06 bits per heavy atom. The number of nitrogens with zero attached hydrogens (tertiary/aromatic N) is 1. The van der Waals surface area contributed by atoms with Gasteiger partial charge in [0.1, 0.15) is 13.2 Å². The van der Waals surface area contributed by atoms with Gasteiger partial charge in [-0.1, -0.05) is 39.2 Å². The smallest absolute Gasteiger partial charge is 0.385 e. The minimum absolute atomic E-state index is 0.0335. The molecule has 2 N–H and O–H groups in total. The fourth-order valence-corrected chi connectivity index (χ4v) is 1.53. The minimum atomic E-state index is -4.32. The van der Waals surface area contributed by atoms with Gasteiger partial charge >= 0.3 is 10.3 Å². The Kier molecular flexibility index (Phi) is 6.97. The van der Waals surface area contributed by atoms with Crippen LogP contribution in [0.15, 0.2) is 4.40 Å². The summed E-state index contributed by atoms with van der Waals surface area (Å²) >= 11 is 15.9. The molecule has 0 unspecified atom stereocenters. The van der Waals surface area contributed by atoms with E-state index in [0.29, 0.717) is 0 Å².